The fraction of sp³-hybridized carbons (Fsp3) is 0.550. The molecule has 1 unspecified atom stereocenters. The first-order valence-electron chi connectivity index (χ1n) is 9.59. The number of aromatic amines is 1. The largest absolute Gasteiger partial charge is 0.357 e. The van der Waals surface area contributed by atoms with Gasteiger partial charge < -0.3 is 15.6 Å². The molecule has 3 N–H and O–H groups in total. The number of guanidine groups is 1. The summed E-state index contributed by atoms with van der Waals surface area (Å²) in [6.07, 6.45) is 6.81. The summed E-state index contributed by atoms with van der Waals surface area (Å²) >= 11 is 0. The van der Waals surface area contributed by atoms with E-state index in [2.05, 4.69) is 55.8 Å². The average molecular weight is 339 g/mol. The van der Waals surface area contributed by atoms with Crippen molar-refractivity contribution in [1.29, 1.82) is 0 Å². The fourth-order valence-corrected chi connectivity index (χ4v) is 4.30. The van der Waals surface area contributed by atoms with Crippen molar-refractivity contribution in [2.24, 2.45) is 4.99 Å². The van der Waals surface area contributed by atoms with Crippen molar-refractivity contribution in [1.82, 2.24) is 20.5 Å². The summed E-state index contributed by atoms with van der Waals surface area (Å²) < 4.78 is 0. The van der Waals surface area contributed by atoms with Gasteiger partial charge in [0.05, 0.1) is 6.54 Å². The van der Waals surface area contributed by atoms with E-state index in [-0.39, 0.29) is 0 Å². The zero-order valence-corrected chi connectivity index (χ0v) is 15.1. The van der Waals surface area contributed by atoms with Gasteiger partial charge in [-0.05, 0) is 36.8 Å². The number of aromatic nitrogens is 1. The van der Waals surface area contributed by atoms with Crippen molar-refractivity contribution in [3.8, 4) is 0 Å². The van der Waals surface area contributed by atoms with Gasteiger partial charge in [0.15, 0.2) is 5.96 Å². The molecule has 25 heavy (non-hydrogen) atoms. The number of H-pyrrole nitrogens is 1. The van der Waals surface area contributed by atoms with Crippen LogP contribution in [-0.2, 0) is 6.54 Å². The zero-order chi connectivity index (χ0) is 17.1. The Labute approximate surface area is 149 Å². The second-order valence-corrected chi connectivity index (χ2v) is 7.37. The molecule has 2 aliphatic rings. The number of nitrogens with one attached hydrogen (secondary N) is 3. The number of para-hydroxylation sites is 1. The van der Waals surface area contributed by atoms with Crippen LogP contribution in [0.2, 0.25) is 0 Å². The Bertz CT molecular complexity index is 696. The highest BCUT2D eigenvalue weighted by atomic mass is 15.3. The first-order valence-corrected chi connectivity index (χ1v) is 9.59. The molecule has 1 atom stereocenters. The molecule has 1 aliphatic carbocycles. The van der Waals surface area contributed by atoms with Crippen LogP contribution in [0.5, 0.6) is 0 Å². The van der Waals surface area contributed by atoms with Crippen molar-refractivity contribution < 1.29 is 0 Å². The number of hydrogen-bond donors (Lipinski definition) is 3. The number of rotatable bonds is 4. The van der Waals surface area contributed by atoms with Gasteiger partial charge in [-0.1, -0.05) is 31.0 Å². The van der Waals surface area contributed by atoms with Crippen LogP contribution in [0.4, 0.5) is 0 Å². The zero-order valence-electron chi connectivity index (χ0n) is 15.1. The normalized spacial score (nSPS) is 22.8. The van der Waals surface area contributed by atoms with E-state index < -0.39 is 0 Å². The number of hydrogen-bond acceptors (Lipinski definition) is 2. The predicted octanol–water partition coefficient (Wildman–Crippen LogP) is 2.85. The Balaban J connectivity index is 1.29. The molecule has 2 aromatic rings. The Morgan fingerprint density at radius 3 is 2.88 bits per heavy atom. The van der Waals surface area contributed by atoms with Crippen molar-refractivity contribution in [3.05, 3.63) is 36.0 Å². The van der Waals surface area contributed by atoms with Gasteiger partial charge in [0, 0.05) is 43.4 Å². The van der Waals surface area contributed by atoms with Crippen LogP contribution in [0.3, 0.4) is 0 Å². The smallest absolute Gasteiger partial charge is 0.191 e. The maximum Gasteiger partial charge on any atom is 0.191 e. The first kappa shape index (κ1) is 16.5. The van der Waals surface area contributed by atoms with Gasteiger partial charge in [0.2, 0.25) is 0 Å². The van der Waals surface area contributed by atoms with Crippen LogP contribution in [0.1, 0.15) is 37.8 Å². The number of likely N-dealkylation sites (tertiary alicyclic amines) is 1. The third-order valence-electron chi connectivity index (χ3n) is 5.66. The Morgan fingerprint density at radius 1 is 1.24 bits per heavy atom. The van der Waals surface area contributed by atoms with Crippen LogP contribution in [-0.4, -0.2) is 48.1 Å². The number of nitrogens with zero attached hydrogens (tertiary/aromatic N) is 2. The summed E-state index contributed by atoms with van der Waals surface area (Å²) in [5, 5.41) is 8.31. The summed E-state index contributed by atoms with van der Waals surface area (Å²) in [6.45, 7) is 3.13. The number of fused-ring (bicyclic) bond motifs is 1. The number of benzene rings is 1. The van der Waals surface area contributed by atoms with E-state index in [9.17, 15) is 0 Å². The van der Waals surface area contributed by atoms with Gasteiger partial charge in [-0.2, -0.15) is 0 Å². The van der Waals surface area contributed by atoms with Gasteiger partial charge in [-0.15, -0.1) is 0 Å². The van der Waals surface area contributed by atoms with E-state index in [1.807, 2.05) is 7.05 Å². The SMILES string of the molecule is CN=C(NCc1cc2ccccc2[nH]1)NC1CCN(C2CCCC2)C1. The molecular formula is C20H29N5. The Kier molecular flexibility index (Phi) is 4.92. The van der Waals surface area contributed by atoms with Crippen LogP contribution in [0, 0.1) is 0 Å². The maximum absolute atomic E-state index is 4.41. The lowest BCUT2D eigenvalue weighted by molar-refractivity contribution is 0.242. The van der Waals surface area contributed by atoms with Crippen molar-refractivity contribution >= 4 is 16.9 Å². The summed E-state index contributed by atoms with van der Waals surface area (Å²) in [5.74, 6) is 0.900. The monoisotopic (exact) mass is 339 g/mol. The molecule has 0 bridgehead atoms. The third-order valence-corrected chi connectivity index (χ3v) is 5.66. The highest BCUT2D eigenvalue weighted by Gasteiger charge is 2.30. The molecular weight excluding hydrogens is 310 g/mol. The van der Waals surface area contributed by atoms with E-state index in [0.29, 0.717) is 6.04 Å². The molecule has 1 aromatic carbocycles. The van der Waals surface area contributed by atoms with Gasteiger partial charge in [-0.3, -0.25) is 9.89 Å². The quantitative estimate of drug-likeness (QED) is 0.593. The second kappa shape index (κ2) is 7.48. The molecule has 0 radical (unpaired) electrons. The standard InChI is InChI=1S/C20H29N5/c1-21-20(22-13-17-12-15-6-2-5-9-19(15)23-17)24-16-10-11-25(14-16)18-7-3-4-8-18/h2,5-6,9,12,16,18,23H,3-4,7-8,10-11,13-14H2,1H3,(H2,21,22,24). The molecule has 1 aliphatic heterocycles. The number of aliphatic imine (C=N–C) groups is 1. The molecule has 134 valence electrons. The summed E-state index contributed by atoms with van der Waals surface area (Å²) in [7, 11) is 1.85. The van der Waals surface area contributed by atoms with Crippen molar-refractivity contribution in [3.63, 3.8) is 0 Å². The Morgan fingerprint density at radius 2 is 2.08 bits per heavy atom. The molecule has 1 saturated heterocycles. The minimum atomic E-state index is 0.509. The summed E-state index contributed by atoms with van der Waals surface area (Å²) in [6, 6.07) is 11.9. The molecule has 2 heterocycles. The van der Waals surface area contributed by atoms with Crippen LogP contribution in [0.25, 0.3) is 10.9 Å². The van der Waals surface area contributed by atoms with Gasteiger partial charge in [-0.25, -0.2) is 0 Å². The Hall–Kier alpha value is -2.01. The average Bonchev–Trinajstić information content (AvgIpc) is 3.38. The summed E-state index contributed by atoms with van der Waals surface area (Å²) in [4.78, 5) is 10.5. The fourth-order valence-electron chi connectivity index (χ4n) is 4.30. The van der Waals surface area contributed by atoms with Gasteiger partial charge in [0.25, 0.3) is 0 Å². The van der Waals surface area contributed by atoms with Crippen molar-refractivity contribution in [2.75, 3.05) is 20.1 Å². The van der Waals surface area contributed by atoms with E-state index >= 15 is 0 Å². The first-order chi connectivity index (χ1) is 12.3. The highest BCUT2D eigenvalue weighted by Crippen LogP contribution is 2.26. The molecule has 5 nitrogen and oxygen atoms in total. The summed E-state index contributed by atoms with van der Waals surface area (Å²) in [5.41, 5.74) is 2.37. The van der Waals surface area contributed by atoms with E-state index in [4.69, 9.17) is 0 Å². The minimum Gasteiger partial charge on any atom is -0.357 e. The highest BCUT2D eigenvalue weighted by molar-refractivity contribution is 5.81. The third kappa shape index (κ3) is 3.82. The van der Waals surface area contributed by atoms with Crippen LogP contribution < -0.4 is 10.6 Å². The molecule has 5 heteroatoms. The van der Waals surface area contributed by atoms with Crippen molar-refractivity contribution in [2.45, 2.75) is 50.7 Å². The molecule has 1 aromatic heterocycles. The lowest BCUT2D eigenvalue weighted by atomic mass is 10.2. The van der Waals surface area contributed by atoms with E-state index in [1.165, 1.54) is 55.2 Å². The molecule has 2 fully saturated rings. The maximum atomic E-state index is 4.41. The minimum absolute atomic E-state index is 0.509. The lowest BCUT2D eigenvalue weighted by Crippen LogP contribution is -2.45. The topological polar surface area (TPSA) is 55.5 Å². The van der Waals surface area contributed by atoms with E-state index in [1.54, 1.807) is 0 Å². The molecule has 1 saturated carbocycles. The van der Waals surface area contributed by atoms with E-state index in [0.717, 1.165) is 25.1 Å². The predicted molar refractivity (Wildman–Crippen MR) is 104 cm³/mol. The molecule has 0 spiro atoms. The van der Waals surface area contributed by atoms with Crippen LogP contribution >= 0.6 is 0 Å². The van der Waals surface area contributed by atoms with Gasteiger partial charge in [0.1, 0.15) is 0 Å². The van der Waals surface area contributed by atoms with Gasteiger partial charge >= 0.3 is 0 Å². The second-order valence-electron chi connectivity index (χ2n) is 7.37. The van der Waals surface area contributed by atoms with Crippen LogP contribution in [0.15, 0.2) is 35.3 Å². The molecule has 4 rings (SSSR count). The molecule has 0 amide bonds. The lowest BCUT2D eigenvalue weighted by Gasteiger charge is -2.24.